The van der Waals surface area contributed by atoms with Crippen LogP contribution in [0.3, 0.4) is 0 Å². The quantitative estimate of drug-likeness (QED) is 0.731. The number of anilines is 1. The minimum atomic E-state index is -0.0529. The number of hydrogen-bond acceptors (Lipinski definition) is 3. The van der Waals surface area contributed by atoms with Crippen molar-refractivity contribution in [2.45, 2.75) is 35.7 Å². The molecule has 0 unspecified atom stereocenters. The van der Waals surface area contributed by atoms with Crippen molar-refractivity contribution in [2.24, 2.45) is 7.05 Å². The Hall–Kier alpha value is -2.53. The number of benzene rings is 2. The van der Waals surface area contributed by atoms with Gasteiger partial charge in [0.25, 0.3) is 5.91 Å². The van der Waals surface area contributed by atoms with E-state index in [-0.39, 0.29) is 5.91 Å². The van der Waals surface area contributed by atoms with Crippen LogP contribution in [0.4, 0.5) is 5.69 Å². The molecule has 1 amide bonds. The number of nitrogens with zero attached hydrogens (tertiary/aromatic N) is 2. The van der Waals surface area contributed by atoms with Crippen LogP contribution in [0, 0.1) is 0 Å². The molecule has 1 aliphatic carbocycles. The molecule has 0 atom stereocenters. The molecule has 0 fully saturated rings. The minimum Gasteiger partial charge on any atom is -0.329 e. The number of carbonyl (C=O) groups is 1. The van der Waals surface area contributed by atoms with Crippen LogP contribution in [0.2, 0.25) is 0 Å². The molecule has 4 rings (SSSR count). The number of hydrogen-bond donors (Lipinski definition) is 1. The fraction of sp³-hybridized carbons (Fsp3) is 0.238. The predicted molar refractivity (Wildman–Crippen MR) is 105 cm³/mol. The van der Waals surface area contributed by atoms with Crippen molar-refractivity contribution < 1.29 is 4.79 Å². The summed E-state index contributed by atoms with van der Waals surface area (Å²) in [4.78, 5) is 18.0. The van der Waals surface area contributed by atoms with Crippen LogP contribution in [-0.4, -0.2) is 15.5 Å². The number of carbonyl (C=O) groups excluding carboxylic acids is 1. The number of amides is 1. The number of rotatable bonds is 4. The first kappa shape index (κ1) is 16.9. The van der Waals surface area contributed by atoms with E-state index in [9.17, 15) is 4.79 Å². The molecule has 2 aromatic carbocycles. The summed E-state index contributed by atoms with van der Waals surface area (Å²) in [5.41, 5.74) is 4.25. The van der Waals surface area contributed by atoms with E-state index in [1.807, 2.05) is 48.1 Å². The SMILES string of the molecule is Cn1ccnc1Sc1ccc(NC(=O)c2ccc3c(c2)CCCC3)cc1. The fourth-order valence-electron chi connectivity index (χ4n) is 3.24. The van der Waals surface area contributed by atoms with Gasteiger partial charge in [-0.25, -0.2) is 4.98 Å². The zero-order valence-corrected chi connectivity index (χ0v) is 15.6. The Balaban J connectivity index is 1.43. The summed E-state index contributed by atoms with van der Waals surface area (Å²) in [6.07, 6.45) is 8.39. The lowest BCUT2D eigenvalue weighted by atomic mass is 9.90. The van der Waals surface area contributed by atoms with E-state index in [0.29, 0.717) is 0 Å². The van der Waals surface area contributed by atoms with Gasteiger partial charge in [-0.15, -0.1) is 0 Å². The van der Waals surface area contributed by atoms with Crippen molar-refractivity contribution in [2.75, 3.05) is 5.32 Å². The van der Waals surface area contributed by atoms with Gasteiger partial charge in [0.1, 0.15) is 0 Å². The topological polar surface area (TPSA) is 46.9 Å². The number of nitrogens with one attached hydrogen (secondary N) is 1. The third-order valence-electron chi connectivity index (χ3n) is 4.71. The molecule has 3 aromatic rings. The van der Waals surface area contributed by atoms with E-state index < -0.39 is 0 Å². The molecule has 5 heteroatoms. The van der Waals surface area contributed by atoms with Crippen molar-refractivity contribution in [1.82, 2.24) is 9.55 Å². The van der Waals surface area contributed by atoms with Crippen LogP contribution >= 0.6 is 11.8 Å². The average molecular weight is 363 g/mol. The Labute approximate surface area is 157 Å². The largest absolute Gasteiger partial charge is 0.329 e. The maximum atomic E-state index is 12.6. The predicted octanol–water partition coefficient (Wildman–Crippen LogP) is 4.70. The summed E-state index contributed by atoms with van der Waals surface area (Å²) >= 11 is 1.60. The lowest BCUT2D eigenvalue weighted by Gasteiger charge is -2.16. The van der Waals surface area contributed by atoms with Crippen molar-refractivity contribution in [1.29, 1.82) is 0 Å². The lowest BCUT2D eigenvalue weighted by Crippen LogP contribution is -2.13. The molecule has 1 N–H and O–H groups in total. The van der Waals surface area contributed by atoms with Gasteiger partial charge >= 0.3 is 0 Å². The van der Waals surface area contributed by atoms with Gasteiger partial charge in [-0.3, -0.25) is 4.79 Å². The van der Waals surface area contributed by atoms with Gasteiger partial charge < -0.3 is 9.88 Å². The van der Waals surface area contributed by atoms with Gasteiger partial charge in [-0.05, 0) is 73.2 Å². The van der Waals surface area contributed by atoms with E-state index >= 15 is 0 Å². The first-order valence-corrected chi connectivity index (χ1v) is 9.69. The monoisotopic (exact) mass is 363 g/mol. The first-order valence-electron chi connectivity index (χ1n) is 8.87. The molecule has 26 heavy (non-hydrogen) atoms. The van der Waals surface area contributed by atoms with Crippen molar-refractivity contribution in [3.05, 3.63) is 71.5 Å². The van der Waals surface area contributed by atoms with Gasteiger partial charge in [-0.2, -0.15) is 0 Å². The van der Waals surface area contributed by atoms with Gasteiger partial charge in [-0.1, -0.05) is 17.8 Å². The van der Waals surface area contributed by atoms with Crippen LogP contribution < -0.4 is 5.32 Å². The molecule has 0 saturated heterocycles. The lowest BCUT2D eigenvalue weighted by molar-refractivity contribution is 0.102. The number of fused-ring (bicyclic) bond motifs is 1. The van der Waals surface area contributed by atoms with E-state index in [2.05, 4.69) is 22.4 Å². The zero-order chi connectivity index (χ0) is 17.9. The van der Waals surface area contributed by atoms with Gasteiger partial charge in [0.2, 0.25) is 0 Å². The van der Waals surface area contributed by atoms with Gasteiger partial charge in [0, 0.05) is 35.6 Å². The highest BCUT2D eigenvalue weighted by Crippen LogP contribution is 2.27. The Morgan fingerprint density at radius 3 is 2.58 bits per heavy atom. The number of aryl methyl sites for hydroxylation is 3. The second-order valence-electron chi connectivity index (χ2n) is 6.59. The molecule has 0 spiro atoms. The average Bonchev–Trinajstić information content (AvgIpc) is 3.07. The molecule has 1 heterocycles. The smallest absolute Gasteiger partial charge is 0.255 e. The summed E-state index contributed by atoms with van der Waals surface area (Å²) in [7, 11) is 1.97. The highest BCUT2D eigenvalue weighted by molar-refractivity contribution is 7.99. The standard InChI is InChI=1S/C21H21N3OS/c1-24-13-12-22-21(24)26-19-10-8-18(9-11-19)23-20(25)17-7-6-15-4-2-3-5-16(15)14-17/h6-14H,2-5H2,1H3,(H,23,25). The molecule has 1 aromatic heterocycles. The molecule has 4 nitrogen and oxygen atoms in total. The molecule has 132 valence electrons. The normalized spacial score (nSPS) is 13.3. The first-order chi connectivity index (χ1) is 12.7. The Kier molecular flexibility index (Phi) is 4.80. The van der Waals surface area contributed by atoms with E-state index in [4.69, 9.17) is 0 Å². The second-order valence-corrected chi connectivity index (χ2v) is 7.63. The summed E-state index contributed by atoms with van der Waals surface area (Å²) < 4.78 is 1.98. The van der Waals surface area contributed by atoms with Crippen molar-refractivity contribution in [3.63, 3.8) is 0 Å². The summed E-state index contributed by atoms with van der Waals surface area (Å²) in [5, 5.41) is 3.93. The molecular weight excluding hydrogens is 342 g/mol. The van der Waals surface area contributed by atoms with E-state index in [1.54, 1.807) is 18.0 Å². The molecule has 0 radical (unpaired) electrons. The molecular formula is C21H21N3OS. The fourth-order valence-corrected chi connectivity index (χ4v) is 4.04. The summed E-state index contributed by atoms with van der Waals surface area (Å²) in [6.45, 7) is 0. The second kappa shape index (κ2) is 7.38. The third-order valence-corrected chi connectivity index (χ3v) is 5.79. The highest BCUT2D eigenvalue weighted by Gasteiger charge is 2.13. The van der Waals surface area contributed by atoms with Crippen LogP contribution in [0.1, 0.15) is 34.3 Å². The molecule has 0 bridgehead atoms. The van der Waals surface area contributed by atoms with Gasteiger partial charge in [0.05, 0.1) is 0 Å². The number of aromatic nitrogens is 2. The Bertz CT molecular complexity index is 931. The van der Waals surface area contributed by atoms with Crippen molar-refractivity contribution >= 4 is 23.4 Å². The minimum absolute atomic E-state index is 0.0529. The van der Waals surface area contributed by atoms with Gasteiger partial charge in [0.15, 0.2) is 5.16 Å². The summed E-state index contributed by atoms with van der Waals surface area (Å²) in [6, 6.07) is 14.0. The molecule has 0 aliphatic heterocycles. The highest BCUT2D eigenvalue weighted by atomic mass is 32.2. The number of imidazole rings is 1. The van der Waals surface area contributed by atoms with Crippen LogP contribution in [0.25, 0.3) is 0 Å². The maximum absolute atomic E-state index is 12.6. The third kappa shape index (κ3) is 3.68. The Morgan fingerprint density at radius 1 is 1.08 bits per heavy atom. The maximum Gasteiger partial charge on any atom is 0.255 e. The van der Waals surface area contributed by atoms with Crippen LogP contribution in [0.5, 0.6) is 0 Å². The molecule has 0 saturated carbocycles. The Morgan fingerprint density at radius 2 is 1.85 bits per heavy atom. The summed E-state index contributed by atoms with van der Waals surface area (Å²) in [5.74, 6) is -0.0529. The zero-order valence-electron chi connectivity index (χ0n) is 14.7. The van der Waals surface area contributed by atoms with Crippen LogP contribution in [-0.2, 0) is 19.9 Å². The molecule has 1 aliphatic rings. The van der Waals surface area contributed by atoms with E-state index in [1.165, 1.54) is 24.0 Å². The van der Waals surface area contributed by atoms with Crippen LogP contribution in [0.15, 0.2) is 64.9 Å². The van der Waals surface area contributed by atoms with Crippen molar-refractivity contribution in [3.8, 4) is 0 Å². The van der Waals surface area contributed by atoms with E-state index in [0.717, 1.165) is 34.1 Å².